The van der Waals surface area contributed by atoms with Crippen LogP contribution in [0.25, 0.3) is 0 Å². The molecule has 7 heteroatoms. The molecule has 0 amide bonds. The molecule has 0 N–H and O–H groups in total. The first-order valence-electron chi connectivity index (χ1n) is 5.78. The Morgan fingerprint density at radius 3 is 2.67 bits per heavy atom. The number of hydrogen-bond donors (Lipinski definition) is 0. The molecule has 2 rings (SSSR count). The van der Waals surface area contributed by atoms with E-state index in [1.807, 2.05) is 0 Å². The van der Waals surface area contributed by atoms with Gasteiger partial charge in [0.2, 0.25) is 0 Å². The summed E-state index contributed by atoms with van der Waals surface area (Å²) >= 11 is 0. The first-order chi connectivity index (χ1) is 8.44. The summed E-state index contributed by atoms with van der Waals surface area (Å²) in [7, 11) is 2.47. The smallest absolute Gasteiger partial charge is 0.464 e. The summed E-state index contributed by atoms with van der Waals surface area (Å²) < 4.78 is 17.5. The largest absolute Gasteiger partial charge is 0.498 e. The van der Waals surface area contributed by atoms with Crippen molar-refractivity contribution in [1.82, 2.24) is 9.78 Å². The van der Waals surface area contributed by atoms with Gasteiger partial charge in [-0.15, -0.1) is 0 Å². The minimum atomic E-state index is -0.555. The quantitative estimate of drug-likeness (QED) is 0.546. The molecule has 0 unspecified atom stereocenters. The Morgan fingerprint density at radius 1 is 1.50 bits per heavy atom. The third-order valence-corrected chi connectivity index (χ3v) is 2.85. The first kappa shape index (κ1) is 13.1. The average molecular weight is 252 g/mol. The molecule has 0 aromatic carbocycles. The molecule has 0 saturated carbocycles. The molecule has 0 spiro atoms. The van der Waals surface area contributed by atoms with Gasteiger partial charge in [0.1, 0.15) is 5.69 Å². The standard InChI is InChI=1S/C11H17BN2O4/c1-11(2)6-17-12(18-7-11)8-5-13-14(3)9(8)10(15)16-4/h5H,6-7H2,1-4H3. The molecule has 1 fully saturated rings. The van der Waals surface area contributed by atoms with Gasteiger partial charge < -0.3 is 14.0 Å². The van der Waals surface area contributed by atoms with E-state index in [1.165, 1.54) is 11.8 Å². The van der Waals surface area contributed by atoms with Crippen LogP contribution in [-0.2, 0) is 21.1 Å². The fourth-order valence-corrected chi connectivity index (χ4v) is 1.85. The van der Waals surface area contributed by atoms with Crippen LogP contribution in [0.2, 0.25) is 0 Å². The second-order valence-electron chi connectivity index (χ2n) is 5.18. The van der Waals surface area contributed by atoms with E-state index in [-0.39, 0.29) is 5.41 Å². The predicted molar refractivity (Wildman–Crippen MR) is 65.6 cm³/mol. The van der Waals surface area contributed by atoms with Crippen molar-refractivity contribution in [3.8, 4) is 0 Å². The van der Waals surface area contributed by atoms with Crippen molar-refractivity contribution in [2.45, 2.75) is 13.8 Å². The molecule has 0 radical (unpaired) electrons. The number of esters is 1. The SMILES string of the molecule is COC(=O)c1c(B2OCC(C)(C)CO2)cnn1C. The summed E-state index contributed by atoms with van der Waals surface area (Å²) in [5.41, 5.74) is 0.964. The number of nitrogens with zero attached hydrogens (tertiary/aromatic N) is 2. The summed E-state index contributed by atoms with van der Waals surface area (Å²) in [6.45, 7) is 5.28. The highest BCUT2D eigenvalue weighted by atomic mass is 16.6. The number of ether oxygens (including phenoxy) is 1. The topological polar surface area (TPSA) is 62.6 Å². The Kier molecular flexibility index (Phi) is 3.45. The van der Waals surface area contributed by atoms with E-state index in [1.54, 1.807) is 13.2 Å². The number of carbonyl (C=O) groups excluding carboxylic acids is 1. The van der Waals surface area contributed by atoms with Crippen LogP contribution in [-0.4, -0.2) is 43.2 Å². The molecule has 1 aromatic rings. The monoisotopic (exact) mass is 252 g/mol. The van der Waals surface area contributed by atoms with Gasteiger partial charge in [-0.05, 0) is 0 Å². The van der Waals surface area contributed by atoms with Crippen molar-refractivity contribution in [1.29, 1.82) is 0 Å². The Hall–Kier alpha value is -1.34. The number of methoxy groups -OCH3 is 1. The highest BCUT2D eigenvalue weighted by Gasteiger charge is 2.37. The van der Waals surface area contributed by atoms with E-state index in [0.29, 0.717) is 24.4 Å². The Morgan fingerprint density at radius 2 is 2.11 bits per heavy atom. The fraction of sp³-hybridized carbons (Fsp3) is 0.636. The van der Waals surface area contributed by atoms with Gasteiger partial charge in [0.05, 0.1) is 7.11 Å². The Bertz CT molecular complexity index is 448. The number of hydrogen-bond acceptors (Lipinski definition) is 5. The Balaban J connectivity index is 2.22. The molecule has 1 aromatic heterocycles. The van der Waals surface area contributed by atoms with Gasteiger partial charge in [-0.2, -0.15) is 5.10 Å². The van der Waals surface area contributed by atoms with Crippen molar-refractivity contribution in [2.24, 2.45) is 12.5 Å². The molecular weight excluding hydrogens is 235 g/mol. The fourth-order valence-electron chi connectivity index (χ4n) is 1.85. The molecule has 98 valence electrons. The van der Waals surface area contributed by atoms with E-state index in [9.17, 15) is 4.79 Å². The molecule has 0 aliphatic carbocycles. The molecule has 6 nitrogen and oxygen atoms in total. The second kappa shape index (κ2) is 4.74. The van der Waals surface area contributed by atoms with Gasteiger partial charge in [0.25, 0.3) is 0 Å². The van der Waals surface area contributed by atoms with E-state index < -0.39 is 13.1 Å². The first-order valence-corrected chi connectivity index (χ1v) is 5.78. The van der Waals surface area contributed by atoms with Crippen LogP contribution in [0.3, 0.4) is 0 Å². The van der Waals surface area contributed by atoms with Gasteiger partial charge in [0.15, 0.2) is 0 Å². The zero-order chi connectivity index (χ0) is 13.3. The molecule has 1 saturated heterocycles. The van der Waals surface area contributed by atoms with Crippen LogP contribution in [0.5, 0.6) is 0 Å². The van der Waals surface area contributed by atoms with Crippen LogP contribution >= 0.6 is 0 Å². The van der Waals surface area contributed by atoms with Crippen molar-refractivity contribution in [3.63, 3.8) is 0 Å². The highest BCUT2D eigenvalue weighted by Crippen LogP contribution is 2.21. The summed E-state index contributed by atoms with van der Waals surface area (Å²) in [6, 6.07) is 0. The van der Waals surface area contributed by atoms with Crippen LogP contribution in [0.1, 0.15) is 24.3 Å². The normalized spacial score (nSPS) is 18.8. The zero-order valence-electron chi connectivity index (χ0n) is 11.1. The molecular formula is C11H17BN2O4. The maximum atomic E-state index is 11.7. The highest BCUT2D eigenvalue weighted by molar-refractivity contribution is 6.62. The van der Waals surface area contributed by atoms with Gasteiger partial charge in [-0.1, -0.05) is 13.8 Å². The molecule has 18 heavy (non-hydrogen) atoms. The van der Waals surface area contributed by atoms with Crippen molar-refractivity contribution in [2.75, 3.05) is 20.3 Å². The van der Waals surface area contributed by atoms with Crippen LogP contribution in [0.15, 0.2) is 6.20 Å². The average Bonchev–Trinajstić information content (AvgIpc) is 2.70. The van der Waals surface area contributed by atoms with Crippen molar-refractivity contribution >= 4 is 18.6 Å². The minimum absolute atomic E-state index is 0.00978. The van der Waals surface area contributed by atoms with Gasteiger partial charge in [-0.3, -0.25) is 4.68 Å². The molecule has 1 aliphatic rings. The summed E-state index contributed by atoms with van der Waals surface area (Å²) in [4.78, 5) is 11.7. The van der Waals surface area contributed by atoms with Crippen molar-refractivity contribution < 1.29 is 18.8 Å². The van der Waals surface area contributed by atoms with Gasteiger partial charge >= 0.3 is 13.1 Å². The number of rotatable bonds is 2. The second-order valence-corrected chi connectivity index (χ2v) is 5.18. The summed E-state index contributed by atoms with van der Waals surface area (Å²) in [5.74, 6) is -0.443. The molecule has 1 aliphatic heterocycles. The lowest BCUT2D eigenvalue weighted by atomic mass is 9.76. The Labute approximate surface area is 106 Å². The lowest BCUT2D eigenvalue weighted by molar-refractivity contribution is 0.0339. The number of carbonyl (C=O) groups is 1. The van der Waals surface area contributed by atoms with Gasteiger partial charge in [-0.25, -0.2) is 4.79 Å². The van der Waals surface area contributed by atoms with Crippen molar-refractivity contribution in [3.05, 3.63) is 11.9 Å². The van der Waals surface area contributed by atoms with Crippen LogP contribution in [0, 0.1) is 5.41 Å². The predicted octanol–water partition coefficient (Wildman–Crippen LogP) is -0.0251. The third-order valence-electron chi connectivity index (χ3n) is 2.85. The molecule has 0 atom stereocenters. The summed E-state index contributed by atoms with van der Waals surface area (Å²) in [5, 5.41) is 4.05. The summed E-state index contributed by atoms with van der Waals surface area (Å²) in [6.07, 6.45) is 1.58. The van der Waals surface area contributed by atoms with Crippen LogP contribution in [0.4, 0.5) is 0 Å². The lowest BCUT2D eigenvalue weighted by Crippen LogP contribution is -2.48. The zero-order valence-corrected chi connectivity index (χ0v) is 11.1. The maximum absolute atomic E-state index is 11.7. The van der Waals surface area contributed by atoms with Gasteiger partial charge in [0, 0.05) is 37.3 Å². The number of aromatic nitrogens is 2. The van der Waals surface area contributed by atoms with E-state index in [4.69, 9.17) is 14.0 Å². The maximum Gasteiger partial charge on any atom is 0.498 e. The minimum Gasteiger partial charge on any atom is -0.464 e. The van der Waals surface area contributed by atoms with E-state index >= 15 is 0 Å². The molecule has 2 heterocycles. The van der Waals surface area contributed by atoms with E-state index in [2.05, 4.69) is 18.9 Å². The third kappa shape index (κ3) is 2.42. The number of aryl methyl sites for hydroxylation is 1. The van der Waals surface area contributed by atoms with Crippen LogP contribution < -0.4 is 5.46 Å². The lowest BCUT2D eigenvalue weighted by Gasteiger charge is -2.32. The van der Waals surface area contributed by atoms with E-state index in [0.717, 1.165) is 0 Å². The molecule has 0 bridgehead atoms.